The fourth-order valence-electron chi connectivity index (χ4n) is 3.22. The number of aromatic nitrogens is 2. The predicted octanol–water partition coefficient (Wildman–Crippen LogP) is 4.49. The van der Waals surface area contributed by atoms with Gasteiger partial charge in [-0.1, -0.05) is 18.2 Å². The molecule has 3 aromatic carbocycles. The Hall–Kier alpha value is -4.26. The van der Waals surface area contributed by atoms with Gasteiger partial charge in [-0.05, 0) is 54.6 Å². The fraction of sp³-hybridized carbons (Fsp3) is 0. The Balaban J connectivity index is 1.48. The van der Waals surface area contributed by atoms with Crippen LogP contribution >= 0.6 is 0 Å². The van der Waals surface area contributed by atoms with Crippen molar-refractivity contribution in [2.75, 3.05) is 0 Å². The summed E-state index contributed by atoms with van der Waals surface area (Å²) in [4.78, 5) is 24.7. The first-order valence-corrected chi connectivity index (χ1v) is 9.08. The molecule has 0 spiro atoms. The molecule has 5 rings (SSSR count). The molecule has 0 N–H and O–H groups in total. The molecule has 0 saturated heterocycles. The number of halogens is 1. The molecule has 0 atom stereocenters. The van der Waals surface area contributed by atoms with Crippen LogP contribution in [0.15, 0.2) is 88.1 Å². The van der Waals surface area contributed by atoms with Crippen LogP contribution in [0.1, 0.15) is 10.5 Å². The Morgan fingerprint density at radius 2 is 1.67 bits per heavy atom. The molecule has 2 heterocycles. The molecule has 5 aromatic rings. The Kier molecular flexibility index (Phi) is 4.14. The normalized spacial score (nSPS) is 11.1. The largest absolute Gasteiger partial charge is 0.456 e. The van der Waals surface area contributed by atoms with Crippen molar-refractivity contribution in [2.24, 2.45) is 0 Å². The first-order valence-electron chi connectivity index (χ1n) is 9.08. The number of para-hydroxylation sites is 1. The topological polar surface area (TPSA) is 74.3 Å². The summed E-state index contributed by atoms with van der Waals surface area (Å²) in [6.45, 7) is 0. The molecular weight excluding hydrogens is 387 g/mol. The SMILES string of the molecule is O=C(Oc1ccc2oc3ccccc3c2c1)c1ccc(=O)n(-c2ccc(F)cc2)n1. The Labute approximate surface area is 168 Å². The van der Waals surface area contributed by atoms with E-state index in [0.29, 0.717) is 17.0 Å². The van der Waals surface area contributed by atoms with E-state index in [9.17, 15) is 14.0 Å². The number of nitrogens with zero attached hydrogens (tertiary/aromatic N) is 2. The summed E-state index contributed by atoms with van der Waals surface area (Å²) in [5.41, 5.74) is 1.24. The second kappa shape index (κ2) is 6.97. The van der Waals surface area contributed by atoms with Crippen LogP contribution in [-0.2, 0) is 0 Å². The Bertz CT molecular complexity index is 1470. The number of hydrogen-bond acceptors (Lipinski definition) is 5. The maximum atomic E-state index is 13.1. The smallest absolute Gasteiger partial charge is 0.364 e. The number of ether oxygens (including phenoxy) is 1. The molecule has 0 bridgehead atoms. The Morgan fingerprint density at radius 1 is 0.900 bits per heavy atom. The van der Waals surface area contributed by atoms with Gasteiger partial charge in [0.15, 0.2) is 5.69 Å². The van der Waals surface area contributed by atoms with Gasteiger partial charge in [-0.3, -0.25) is 4.79 Å². The van der Waals surface area contributed by atoms with Gasteiger partial charge < -0.3 is 9.15 Å². The molecule has 7 heteroatoms. The van der Waals surface area contributed by atoms with E-state index < -0.39 is 17.3 Å². The van der Waals surface area contributed by atoms with Crippen molar-refractivity contribution in [1.82, 2.24) is 9.78 Å². The van der Waals surface area contributed by atoms with Crippen LogP contribution in [0.2, 0.25) is 0 Å². The molecule has 146 valence electrons. The Morgan fingerprint density at radius 3 is 2.50 bits per heavy atom. The molecule has 0 amide bonds. The lowest BCUT2D eigenvalue weighted by Crippen LogP contribution is -2.24. The number of benzene rings is 3. The van der Waals surface area contributed by atoms with Crippen molar-refractivity contribution in [2.45, 2.75) is 0 Å². The molecule has 0 fully saturated rings. The summed E-state index contributed by atoms with van der Waals surface area (Å²) in [5, 5.41) is 5.79. The van der Waals surface area contributed by atoms with E-state index in [2.05, 4.69) is 5.10 Å². The molecular formula is C23H13FN2O4. The second-order valence-corrected chi connectivity index (χ2v) is 6.59. The summed E-state index contributed by atoms with van der Waals surface area (Å²) in [6, 6.07) is 20.3. The first kappa shape index (κ1) is 17.8. The third-order valence-corrected chi connectivity index (χ3v) is 4.64. The average molecular weight is 400 g/mol. The van der Waals surface area contributed by atoms with Gasteiger partial charge in [0.1, 0.15) is 22.7 Å². The number of furan rings is 1. The second-order valence-electron chi connectivity index (χ2n) is 6.59. The lowest BCUT2D eigenvalue weighted by Gasteiger charge is -2.07. The zero-order valence-corrected chi connectivity index (χ0v) is 15.4. The quantitative estimate of drug-likeness (QED) is 0.330. The highest BCUT2D eigenvalue weighted by Gasteiger charge is 2.15. The molecule has 6 nitrogen and oxygen atoms in total. The highest BCUT2D eigenvalue weighted by Crippen LogP contribution is 2.31. The minimum absolute atomic E-state index is 0.0592. The van der Waals surface area contributed by atoms with E-state index in [-0.39, 0.29) is 5.69 Å². The van der Waals surface area contributed by atoms with E-state index in [1.807, 2.05) is 24.3 Å². The van der Waals surface area contributed by atoms with Crippen molar-refractivity contribution in [3.8, 4) is 11.4 Å². The van der Waals surface area contributed by atoms with Gasteiger partial charge in [0.05, 0.1) is 5.69 Å². The summed E-state index contributed by atoms with van der Waals surface area (Å²) in [7, 11) is 0. The molecule has 2 aromatic heterocycles. The lowest BCUT2D eigenvalue weighted by molar-refractivity contribution is 0.0726. The highest BCUT2D eigenvalue weighted by molar-refractivity contribution is 6.05. The van der Waals surface area contributed by atoms with Crippen molar-refractivity contribution in [3.05, 3.63) is 101 Å². The standard InChI is InChI=1S/C23H13FN2O4/c24-14-5-7-15(8-6-14)26-22(27)12-10-19(25-26)23(28)29-16-9-11-21-18(13-16)17-3-1-2-4-20(17)30-21/h1-13H. The summed E-state index contributed by atoms with van der Waals surface area (Å²) in [6.07, 6.45) is 0. The number of rotatable bonds is 3. The van der Waals surface area contributed by atoms with Crippen LogP contribution in [0.3, 0.4) is 0 Å². The van der Waals surface area contributed by atoms with E-state index >= 15 is 0 Å². The monoisotopic (exact) mass is 400 g/mol. The summed E-state index contributed by atoms with van der Waals surface area (Å²) < 4.78 is 25.4. The van der Waals surface area contributed by atoms with Crippen molar-refractivity contribution in [1.29, 1.82) is 0 Å². The van der Waals surface area contributed by atoms with E-state index in [1.165, 1.54) is 36.4 Å². The van der Waals surface area contributed by atoms with Gasteiger partial charge in [-0.25, -0.2) is 9.18 Å². The first-order chi connectivity index (χ1) is 14.6. The zero-order valence-electron chi connectivity index (χ0n) is 15.4. The van der Waals surface area contributed by atoms with Crippen LogP contribution in [0.25, 0.3) is 27.6 Å². The summed E-state index contributed by atoms with van der Waals surface area (Å²) >= 11 is 0. The van der Waals surface area contributed by atoms with Crippen LogP contribution in [0.4, 0.5) is 4.39 Å². The third kappa shape index (κ3) is 3.12. The molecule has 0 aliphatic carbocycles. The summed E-state index contributed by atoms with van der Waals surface area (Å²) in [5.74, 6) is -0.845. The van der Waals surface area contributed by atoms with E-state index in [0.717, 1.165) is 21.0 Å². The van der Waals surface area contributed by atoms with Gasteiger partial charge in [-0.15, -0.1) is 0 Å². The highest BCUT2D eigenvalue weighted by atomic mass is 19.1. The van der Waals surface area contributed by atoms with Crippen molar-refractivity contribution >= 4 is 27.9 Å². The zero-order chi connectivity index (χ0) is 20.7. The molecule has 30 heavy (non-hydrogen) atoms. The minimum atomic E-state index is -0.724. The molecule has 0 aliphatic heterocycles. The maximum absolute atomic E-state index is 13.1. The predicted molar refractivity (Wildman–Crippen MR) is 108 cm³/mol. The van der Waals surface area contributed by atoms with Crippen LogP contribution in [0, 0.1) is 5.82 Å². The minimum Gasteiger partial charge on any atom is -0.456 e. The maximum Gasteiger partial charge on any atom is 0.364 e. The van der Waals surface area contributed by atoms with Crippen LogP contribution < -0.4 is 10.3 Å². The van der Waals surface area contributed by atoms with Gasteiger partial charge >= 0.3 is 5.97 Å². The third-order valence-electron chi connectivity index (χ3n) is 4.64. The van der Waals surface area contributed by atoms with Crippen LogP contribution in [0.5, 0.6) is 5.75 Å². The number of carbonyl (C=O) groups is 1. The molecule has 0 unspecified atom stereocenters. The van der Waals surface area contributed by atoms with Gasteiger partial charge in [0, 0.05) is 16.8 Å². The number of fused-ring (bicyclic) bond motifs is 3. The molecule has 0 radical (unpaired) electrons. The van der Waals surface area contributed by atoms with Crippen molar-refractivity contribution in [3.63, 3.8) is 0 Å². The van der Waals surface area contributed by atoms with Crippen LogP contribution in [-0.4, -0.2) is 15.7 Å². The number of carbonyl (C=O) groups excluding carboxylic acids is 1. The number of esters is 1. The fourth-order valence-corrected chi connectivity index (χ4v) is 3.22. The molecule has 0 aliphatic rings. The number of hydrogen-bond donors (Lipinski definition) is 0. The van der Waals surface area contributed by atoms with Gasteiger partial charge in [-0.2, -0.15) is 9.78 Å². The lowest BCUT2D eigenvalue weighted by atomic mass is 10.1. The van der Waals surface area contributed by atoms with Gasteiger partial charge in [0.2, 0.25) is 0 Å². The van der Waals surface area contributed by atoms with Gasteiger partial charge in [0.25, 0.3) is 5.56 Å². The van der Waals surface area contributed by atoms with Crippen molar-refractivity contribution < 1.29 is 18.3 Å². The average Bonchev–Trinajstić information content (AvgIpc) is 3.13. The van der Waals surface area contributed by atoms with E-state index in [1.54, 1.807) is 18.2 Å². The molecule has 0 saturated carbocycles. The van der Waals surface area contributed by atoms with E-state index in [4.69, 9.17) is 9.15 Å².